The first kappa shape index (κ1) is 25.3. The number of allylic oxidation sites excluding steroid dienone is 1. The molecule has 0 bridgehead atoms. The fourth-order valence-electron chi connectivity index (χ4n) is 3.46. The van der Waals surface area contributed by atoms with Crippen molar-refractivity contribution in [3.05, 3.63) is 73.2 Å². The molecule has 0 saturated carbocycles. The van der Waals surface area contributed by atoms with Crippen LogP contribution in [0.2, 0.25) is 15.1 Å². The summed E-state index contributed by atoms with van der Waals surface area (Å²) in [6.07, 6.45) is 0. The van der Waals surface area contributed by atoms with Crippen molar-refractivity contribution in [3.8, 4) is 11.8 Å². The molecule has 0 aromatic heterocycles. The number of nitrogens with one attached hydrogen (secondary N) is 1. The van der Waals surface area contributed by atoms with E-state index in [9.17, 15) is 14.9 Å². The zero-order valence-corrected chi connectivity index (χ0v) is 20.7. The Morgan fingerprint density at radius 3 is 2.36 bits per heavy atom. The van der Waals surface area contributed by atoms with Crippen molar-refractivity contribution < 1.29 is 19.1 Å². The molecule has 0 saturated heterocycles. The van der Waals surface area contributed by atoms with Crippen molar-refractivity contribution >= 4 is 58.4 Å². The van der Waals surface area contributed by atoms with E-state index in [2.05, 4.69) is 11.4 Å². The zero-order valence-electron chi connectivity index (χ0n) is 17.7. The maximum absolute atomic E-state index is 13.0. The lowest BCUT2D eigenvalue weighted by Crippen LogP contribution is -2.44. The minimum absolute atomic E-state index is 0.209. The van der Waals surface area contributed by atoms with E-state index < -0.39 is 23.7 Å². The van der Waals surface area contributed by atoms with Crippen LogP contribution < -0.4 is 10.1 Å². The van der Waals surface area contributed by atoms with Gasteiger partial charge in [0.25, 0.3) is 0 Å². The van der Waals surface area contributed by atoms with Gasteiger partial charge in [0.15, 0.2) is 5.75 Å². The van der Waals surface area contributed by atoms with Crippen LogP contribution in [0.5, 0.6) is 5.75 Å². The SMILES string of the molecule is CCOc1c(Cl)cc([C@@H]2C(C#N)=C(SCc3ccc(Cl)cc3)NC(=O)[C@@H]2C(=O)OC)cc1Cl. The Kier molecular flexibility index (Phi) is 8.55. The number of carbonyl (C=O) groups excluding carboxylic acids is 2. The summed E-state index contributed by atoms with van der Waals surface area (Å²) in [7, 11) is 1.19. The molecule has 2 atom stereocenters. The summed E-state index contributed by atoms with van der Waals surface area (Å²) in [6, 6.07) is 12.5. The van der Waals surface area contributed by atoms with E-state index in [1.807, 2.05) is 12.1 Å². The molecule has 172 valence electrons. The average Bonchev–Trinajstić information content (AvgIpc) is 2.79. The zero-order chi connectivity index (χ0) is 24.1. The standard InChI is InChI=1S/C23H19Cl3N2O4S/c1-3-32-20-16(25)8-13(9-17(20)26)18-15(10-27)22(28-21(29)19(18)23(30)31-2)33-11-12-4-6-14(24)7-5-12/h4-9,18-19H,3,11H2,1-2H3,(H,28,29)/t18-,19-/m1/s1. The molecule has 1 amide bonds. The van der Waals surface area contributed by atoms with Gasteiger partial charge in [-0.2, -0.15) is 5.26 Å². The van der Waals surface area contributed by atoms with E-state index in [0.717, 1.165) is 5.56 Å². The Morgan fingerprint density at radius 2 is 1.82 bits per heavy atom. The second kappa shape index (κ2) is 11.2. The molecule has 33 heavy (non-hydrogen) atoms. The highest BCUT2D eigenvalue weighted by Crippen LogP contribution is 2.44. The van der Waals surface area contributed by atoms with Gasteiger partial charge in [-0.15, -0.1) is 11.8 Å². The number of hydrogen-bond acceptors (Lipinski definition) is 6. The smallest absolute Gasteiger partial charge is 0.319 e. The number of methoxy groups -OCH3 is 1. The Morgan fingerprint density at radius 1 is 1.18 bits per heavy atom. The summed E-state index contributed by atoms with van der Waals surface area (Å²) < 4.78 is 10.3. The molecule has 1 aliphatic heterocycles. The van der Waals surface area contributed by atoms with E-state index in [-0.39, 0.29) is 15.6 Å². The summed E-state index contributed by atoms with van der Waals surface area (Å²) in [4.78, 5) is 25.5. The summed E-state index contributed by atoms with van der Waals surface area (Å²) in [5.74, 6) is -2.81. The largest absolute Gasteiger partial charge is 0.491 e. The normalized spacial score (nSPS) is 17.9. The van der Waals surface area contributed by atoms with Crippen LogP contribution in [0.25, 0.3) is 0 Å². The van der Waals surface area contributed by atoms with Crippen molar-refractivity contribution in [2.24, 2.45) is 5.92 Å². The third kappa shape index (κ3) is 5.59. The molecule has 0 spiro atoms. The highest BCUT2D eigenvalue weighted by molar-refractivity contribution is 8.02. The fraction of sp³-hybridized carbons (Fsp3) is 0.261. The molecule has 1 aliphatic rings. The Hall–Kier alpha value is -2.37. The minimum Gasteiger partial charge on any atom is -0.491 e. The van der Waals surface area contributed by atoms with Gasteiger partial charge in [-0.3, -0.25) is 9.59 Å². The number of hydrogen-bond donors (Lipinski definition) is 1. The number of thioether (sulfide) groups is 1. The van der Waals surface area contributed by atoms with Crippen molar-refractivity contribution in [3.63, 3.8) is 0 Å². The first-order valence-electron chi connectivity index (χ1n) is 9.82. The molecule has 1 N–H and O–H groups in total. The van der Waals surface area contributed by atoms with Crippen molar-refractivity contribution in [2.75, 3.05) is 13.7 Å². The van der Waals surface area contributed by atoms with Gasteiger partial charge in [-0.05, 0) is 42.3 Å². The molecular weight excluding hydrogens is 507 g/mol. The molecule has 1 heterocycles. The van der Waals surface area contributed by atoms with Crippen LogP contribution in [0.15, 0.2) is 47.0 Å². The maximum atomic E-state index is 13.0. The highest BCUT2D eigenvalue weighted by atomic mass is 35.5. The monoisotopic (exact) mass is 524 g/mol. The number of ether oxygens (including phenoxy) is 2. The van der Waals surface area contributed by atoms with Gasteiger partial charge in [0, 0.05) is 16.7 Å². The summed E-state index contributed by atoms with van der Waals surface area (Å²) in [5.41, 5.74) is 1.59. The van der Waals surface area contributed by atoms with Crippen LogP contribution in [0.3, 0.4) is 0 Å². The quantitative estimate of drug-likeness (QED) is 0.368. The van der Waals surface area contributed by atoms with Crippen LogP contribution in [0, 0.1) is 17.2 Å². The Bertz CT molecular complexity index is 1120. The maximum Gasteiger partial charge on any atom is 0.319 e. The van der Waals surface area contributed by atoms with Crippen LogP contribution >= 0.6 is 46.6 Å². The number of nitriles is 1. The molecule has 10 heteroatoms. The predicted molar refractivity (Wildman–Crippen MR) is 129 cm³/mol. The summed E-state index contributed by atoms with van der Waals surface area (Å²) in [6.45, 7) is 2.14. The second-order valence-electron chi connectivity index (χ2n) is 6.98. The molecule has 3 rings (SSSR count). The number of benzene rings is 2. The van der Waals surface area contributed by atoms with Crippen LogP contribution in [0.4, 0.5) is 0 Å². The van der Waals surface area contributed by atoms with Gasteiger partial charge < -0.3 is 14.8 Å². The van der Waals surface area contributed by atoms with Crippen molar-refractivity contribution in [1.29, 1.82) is 5.26 Å². The molecule has 2 aromatic rings. The van der Waals surface area contributed by atoms with E-state index in [4.69, 9.17) is 44.3 Å². The number of rotatable bonds is 7. The van der Waals surface area contributed by atoms with Crippen molar-refractivity contribution in [1.82, 2.24) is 5.32 Å². The van der Waals surface area contributed by atoms with E-state index in [1.165, 1.54) is 18.9 Å². The lowest BCUT2D eigenvalue weighted by molar-refractivity contribution is -0.150. The lowest BCUT2D eigenvalue weighted by Gasteiger charge is -2.31. The molecule has 6 nitrogen and oxygen atoms in total. The van der Waals surface area contributed by atoms with Gasteiger partial charge in [-0.25, -0.2) is 0 Å². The predicted octanol–water partition coefficient (Wildman–Crippen LogP) is 5.72. The van der Waals surface area contributed by atoms with Gasteiger partial charge >= 0.3 is 5.97 Å². The first-order chi connectivity index (χ1) is 15.8. The van der Waals surface area contributed by atoms with E-state index in [1.54, 1.807) is 31.2 Å². The summed E-state index contributed by atoms with van der Waals surface area (Å²) >= 11 is 19.9. The molecule has 0 aliphatic carbocycles. The average molecular weight is 526 g/mol. The number of esters is 1. The molecule has 2 aromatic carbocycles. The number of amides is 1. The highest BCUT2D eigenvalue weighted by Gasteiger charge is 2.44. The Balaban J connectivity index is 2.07. The van der Waals surface area contributed by atoms with E-state index >= 15 is 0 Å². The first-order valence-corrected chi connectivity index (χ1v) is 11.9. The molecule has 0 unspecified atom stereocenters. The third-order valence-electron chi connectivity index (χ3n) is 4.95. The van der Waals surface area contributed by atoms with Crippen LogP contribution in [-0.2, 0) is 20.1 Å². The third-order valence-corrected chi connectivity index (χ3v) is 6.85. The summed E-state index contributed by atoms with van der Waals surface area (Å²) in [5, 5.41) is 14.1. The van der Waals surface area contributed by atoms with Gasteiger partial charge in [0.2, 0.25) is 5.91 Å². The number of halogens is 3. The minimum atomic E-state index is -1.28. The topological polar surface area (TPSA) is 88.4 Å². The van der Waals surface area contributed by atoms with Crippen LogP contribution in [-0.4, -0.2) is 25.6 Å². The fourth-order valence-corrected chi connectivity index (χ4v) is 5.20. The number of nitrogens with zero attached hydrogens (tertiary/aromatic N) is 1. The second-order valence-corrected chi connectivity index (χ2v) is 9.22. The van der Waals surface area contributed by atoms with Gasteiger partial charge in [-0.1, -0.05) is 46.9 Å². The van der Waals surface area contributed by atoms with Gasteiger partial charge in [0.05, 0.1) is 40.4 Å². The molecular formula is C23H19Cl3N2O4S. The Labute approximate surface area is 210 Å². The number of carbonyl (C=O) groups is 2. The molecule has 0 fully saturated rings. The van der Waals surface area contributed by atoms with E-state index in [0.29, 0.717) is 33.7 Å². The molecule has 0 radical (unpaired) electrons. The lowest BCUT2D eigenvalue weighted by atomic mass is 9.78. The van der Waals surface area contributed by atoms with Crippen LogP contribution in [0.1, 0.15) is 24.0 Å². The van der Waals surface area contributed by atoms with Crippen molar-refractivity contribution in [2.45, 2.75) is 18.6 Å². The van der Waals surface area contributed by atoms with Gasteiger partial charge in [0.1, 0.15) is 5.92 Å².